The lowest BCUT2D eigenvalue weighted by Crippen LogP contribution is -2.10. The van der Waals surface area contributed by atoms with Gasteiger partial charge in [0.2, 0.25) is 0 Å². The SMILES string of the molecule is CC(C)CNc1cc(Cl)nn2c(I)cnc12.Clc1cc(Br)c2ncc(I)n2n1. The number of nitrogens with one attached hydrogen (secondary N) is 1. The Hall–Kier alpha value is -0.440. The fourth-order valence-electron chi connectivity index (χ4n) is 2.23. The maximum atomic E-state index is 5.96. The molecule has 4 rings (SSSR count). The average molecular weight is 709 g/mol. The number of anilines is 1. The van der Waals surface area contributed by atoms with Gasteiger partial charge in [0.1, 0.15) is 7.40 Å². The quantitative estimate of drug-likeness (QED) is 0.273. The first-order valence-corrected chi connectivity index (χ1v) is 11.8. The molecule has 0 fully saturated rings. The molecule has 0 spiro atoms. The van der Waals surface area contributed by atoms with Gasteiger partial charge in [-0.15, -0.1) is 0 Å². The molecule has 7 nitrogen and oxygen atoms in total. The van der Waals surface area contributed by atoms with Crippen molar-refractivity contribution in [1.82, 2.24) is 29.2 Å². The van der Waals surface area contributed by atoms with Gasteiger partial charge in [-0.3, -0.25) is 0 Å². The molecular weight excluding hydrogens is 695 g/mol. The molecule has 148 valence electrons. The Morgan fingerprint density at radius 1 is 1.00 bits per heavy atom. The van der Waals surface area contributed by atoms with Gasteiger partial charge in [-0.05, 0) is 73.1 Å². The van der Waals surface area contributed by atoms with Crippen LogP contribution >= 0.6 is 84.3 Å². The smallest absolute Gasteiger partial charge is 0.178 e. The van der Waals surface area contributed by atoms with Crippen molar-refractivity contribution in [2.45, 2.75) is 13.8 Å². The highest BCUT2D eigenvalue weighted by Gasteiger charge is 2.09. The van der Waals surface area contributed by atoms with E-state index in [1.807, 2.05) is 6.07 Å². The van der Waals surface area contributed by atoms with Gasteiger partial charge in [0.05, 0.1) is 22.6 Å². The molecule has 0 aliphatic carbocycles. The van der Waals surface area contributed by atoms with E-state index < -0.39 is 0 Å². The van der Waals surface area contributed by atoms with E-state index in [0.717, 1.165) is 35.4 Å². The minimum atomic E-state index is 0.449. The molecule has 1 N–H and O–H groups in total. The second-order valence-electron chi connectivity index (χ2n) is 6.10. The normalized spacial score (nSPS) is 11.1. The molecular formula is C16H14BrCl2I2N7. The summed E-state index contributed by atoms with van der Waals surface area (Å²) < 4.78 is 6.16. The van der Waals surface area contributed by atoms with Crippen LogP contribution in [0, 0.1) is 13.3 Å². The summed E-state index contributed by atoms with van der Waals surface area (Å²) in [5.74, 6) is 0.570. The molecule has 4 aromatic heterocycles. The number of halogens is 5. The standard InChI is InChI=1S/C10H12ClIN4.C6H2BrClIN3/c1-6(2)4-13-7-3-8(11)15-16-9(12)5-14-10(7)16;7-3-1-4(8)11-12-5(9)2-10-6(3)12/h3,5-6,13H,4H2,1-2H3;1-2H. The van der Waals surface area contributed by atoms with Gasteiger partial charge in [-0.2, -0.15) is 10.2 Å². The molecule has 4 aromatic rings. The second kappa shape index (κ2) is 9.58. The molecule has 0 unspecified atom stereocenters. The summed E-state index contributed by atoms with van der Waals surface area (Å²) in [5, 5.41) is 12.5. The van der Waals surface area contributed by atoms with Crippen molar-refractivity contribution < 1.29 is 0 Å². The molecule has 0 amide bonds. The van der Waals surface area contributed by atoms with E-state index in [9.17, 15) is 0 Å². The lowest BCUT2D eigenvalue weighted by atomic mass is 10.2. The van der Waals surface area contributed by atoms with Crippen LogP contribution in [0.2, 0.25) is 10.3 Å². The van der Waals surface area contributed by atoms with Crippen LogP contribution in [0.5, 0.6) is 0 Å². The number of fused-ring (bicyclic) bond motifs is 2. The minimum absolute atomic E-state index is 0.449. The predicted molar refractivity (Wildman–Crippen MR) is 132 cm³/mol. The minimum Gasteiger partial charge on any atom is -0.382 e. The number of hydrogen-bond acceptors (Lipinski definition) is 5. The Bertz CT molecular complexity index is 1130. The molecule has 28 heavy (non-hydrogen) atoms. The van der Waals surface area contributed by atoms with Crippen LogP contribution < -0.4 is 5.32 Å². The third kappa shape index (κ3) is 5.18. The van der Waals surface area contributed by atoms with E-state index in [1.54, 1.807) is 27.5 Å². The summed E-state index contributed by atoms with van der Waals surface area (Å²) >= 11 is 19.4. The predicted octanol–water partition coefficient (Wildman–Crippen LogP) is 5.81. The van der Waals surface area contributed by atoms with E-state index in [1.165, 1.54) is 0 Å². The van der Waals surface area contributed by atoms with Crippen LogP contribution in [0.1, 0.15) is 13.8 Å². The van der Waals surface area contributed by atoms with Gasteiger partial charge >= 0.3 is 0 Å². The van der Waals surface area contributed by atoms with Gasteiger partial charge in [0.15, 0.2) is 21.6 Å². The fraction of sp³-hybridized carbons (Fsp3) is 0.250. The summed E-state index contributed by atoms with van der Waals surface area (Å²) in [6.07, 6.45) is 3.52. The number of rotatable bonds is 3. The summed E-state index contributed by atoms with van der Waals surface area (Å²) in [4.78, 5) is 8.46. The van der Waals surface area contributed by atoms with E-state index >= 15 is 0 Å². The third-order valence-corrected chi connectivity index (χ3v) is 5.87. The molecule has 0 aliphatic heterocycles. The van der Waals surface area contributed by atoms with E-state index in [-0.39, 0.29) is 0 Å². The van der Waals surface area contributed by atoms with Crippen molar-refractivity contribution in [3.63, 3.8) is 0 Å². The van der Waals surface area contributed by atoms with Gasteiger partial charge in [-0.1, -0.05) is 37.0 Å². The van der Waals surface area contributed by atoms with Gasteiger partial charge in [0, 0.05) is 12.6 Å². The van der Waals surface area contributed by atoms with Crippen molar-refractivity contribution >= 4 is 101 Å². The lowest BCUT2D eigenvalue weighted by molar-refractivity contribution is 0.688. The highest BCUT2D eigenvalue weighted by molar-refractivity contribution is 14.1. The first kappa shape index (κ1) is 22.2. The Morgan fingerprint density at radius 2 is 1.54 bits per heavy atom. The number of nitrogens with zero attached hydrogens (tertiary/aromatic N) is 6. The molecule has 0 bridgehead atoms. The molecule has 0 saturated carbocycles. The Morgan fingerprint density at radius 3 is 2.14 bits per heavy atom. The summed E-state index contributed by atoms with van der Waals surface area (Å²) in [5.41, 5.74) is 2.52. The van der Waals surface area contributed by atoms with Crippen molar-refractivity contribution in [2.75, 3.05) is 11.9 Å². The third-order valence-electron chi connectivity index (χ3n) is 3.45. The van der Waals surface area contributed by atoms with Crippen molar-refractivity contribution in [3.05, 3.63) is 46.7 Å². The largest absolute Gasteiger partial charge is 0.382 e. The molecule has 12 heteroatoms. The first-order chi connectivity index (χ1) is 13.3. The molecule has 0 saturated heterocycles. The van der Waals surface area contributed by atoms with Crippen molar-refractivity contribution in [1.29, 1.82) is 0 Å². The zero-order chi connectivity index (χ0) is 20.4. The van der Waals surface area contributed by atoms with Crippen LogP contribution in [0.4, 0.5) is 5.69 Å². The van der Waals surface area contributed by atoms with E-state index in [2.05, 4.69) is 100 Å². The highest BCUT2D eigenvalue weighted by Crippen LogP contribution is 2.22. The van der Waals surface area contributed by atoms with Crippen LogP contribution in [-0.4, -0.2) is 35.7 Å². The van der Waals surface area contributed by atoms with Crippen LogP contribution in [0.15, 0.2) is 29.0 Å². The Kier molecular flexibility index (Phi) is 7.61. The molecule has 0 radical (unpaired) electrons. The fourth-order valence-corrected chi connectivity index (χ4v) is 4.17. The molecule has 4 heterocycles. The molecule has 0 atom stereocenters. The maximum Gasteiger partial charge on any atom is 0.178 e. The summed E-state index contributed by atoms with van der Waals surface area (Å²) in [6.45, 7) is 5.20. The molecule has 0 aliphatic rings. The van der Waals surface area contributed by atoms with Crippen LogP contribution in [0.3, 0.4) is 0 Å². The number of hydrogen-bond donors (Lipinski definition) is 1. The van der Waals surface area contributed by atoms with Crippen LogP contribution in [0.25, 0.3) is 11.3 Å². The topological polar surface area (TPSA) is 72.4 Å². The monoisotopic (exact) mass is 707 g/mol. The number of aromatic nitrogens is 6. The first-order valence-electron chi connectivity index (χ1n) is 8.05. The summed E-state index contributed by atoms with van der Waals surface area (Å²) in [6, 6.07) is 3.53. The van der Waals surface area contributed by atoms with Crippen molar-refractivity contribution in [2.24, 2.45) is 5.92 Å². The van der Waals surface area contributed by atoms with Crippen LogP contribution in [-0.2, 0) is 0 Å². The van der Waals surface area contributed by atoms with E-state index in [4.69, 9.17) is 23.2 Å². The van der Waals surface area contributed by atoms with Gasteiger partial charge in [0.25, 0.3) is 0 Å². The zero-order valence-corrected chi connectivity index (χ0v) is 22.1. The zero-order valence-electron chi connectivity index (χ0n) is 14.7. The highest BCUT2D eigenvalue weighted by atomic mass is 127. The van der Waals surface area contributed by atoms with Gasteiger partial charge < -0.3 is 5.32 Å². The molecule has 0 aromatic carbocycles. The van der Waals surface area contributed by atoms with E-state index in [0.29, 0.717) is 16.2 Å². The summed E-state index contributed by atoms with van der Waals surface area (Å²) in [7, 11) is 0. The average Bonchev–Trinajstić information content (AvgIpc) is 3.17. The Labute approximate surface area is 207 Å². The van der Waals surface area contributed by atoms with Crippen molar-refractivity contribution in [3.8, 4) is 0 Å². The Balaban J connectivity index is 0.000000167. The second-order valence-corrected chi connectivity index (χ2v) is 9.94. The van der Waals surface area contributed by atoms with Gasteiger partial charge in [-0.25, -0.2) is 19.0 Å². The number of imidazole rings is 2. The lowest BCUT2D eigenvalue weighted by Gasteiger charge is -2.10. The maximum absolute atomic E-state index is 5.96.